The average molecular weight is 242 g/mol. The van der Waals surface area contributed by atoms with Crippen LogP contribution >= 0.6 is 48.8 Å². The number of hydrogen-bond donors (Lipinski definition) is 2. The van der Waals surface area contributed by atoms with E-state index in [2.05, 4.69) is 32.2 Å². The first-order valence-corrected chi connectivity index (χ1v) is 7.71. The van der Waals surface area contributed by atoms with E-state index < -0.39 is 0 Å². The molecule has 0 saturated heterocycles. The molecule has 0 nitrogen and oxygen atoms in total. The summed E-state index contributed by atoms with van der Waals surface area (Å²) in [6.45, 7) is 2.22. The fraction of sp³-hybridized carbons (Fsp3) is 1.00. The molecule has 1 unspecified atom stereocenters. The maximum Gasteiger partial charge on any atom is 0.0198 e. The molecule has 0 saturated carbocycles. The summed E-state index contributed by atoms with van der Waals surface area (Å²) >= 11 is 12.6. The second-order valence-corrected chi connectivity index (χ2v) is 6.00. The van der Waals surface area contributed by atoms with Gasteiger partial charge in [-0.05, 0) is 17.9 Å². The maximum atomic E-state index is 4.51. The fourth-order valence-corrected chi connectivity index (χ4v) is 3.40. The lowest BCUT2D eigenvalue weighted by Gasteiger charge is -2.08. The normalized spacial score (nSPS) is 13.2. The third-order valence-electron chi connectivity index (χ3n) is 1.20. The van der Waals surface area contributed by atoms with E-state index in [0.29, 0.717) is 5.25 Å². The van der Waals surface area contributed by atoms with Crippen LogP contribution in [0, 0.1) is 0 Å². The molecule has 0 N–H and O–H groups in total. The van der Waals surface area contributed by atoms with Gasteiger partial charge in [0.25, 0.3) is 0 Å². The monoisotopic (exact) mass is 242 g/mol. The zero-order chi connectivity index (χ0) is 9.23. The predicted molar refractivity (Wildman–Crippen MR) is 71.6 cm³/mol. The van der Waals surface area contributed by atoms with Crippen LogP contribution in [0.1, 0.15) is 13.3 Å². The van der Waals surface area contributed by atoms with E-state index >= 15 is 0 Å². The largest absolute Gasteiger partial charge is 0.179 e. The van der Waals surface area contributed by atoms with Crippen LogP contribution < -0.4 is 0 Å². The van der Waals surface area contributed by atoms with Crippen LogP contribution in [0.5, 0.6) is 0 Å². The maximum absolute atomic E-state index is 4.51. The minimum Gasteiger partial charge on any atom is -0.179 e. The molecule has 0 fully saturated rings. The second kappa shape index (κ2) is 10.5. The van der Waals surface area contributed by atoms with Crippen LogP contribution in [-0.4, -0.2) is 34.0 Å². The van der Waals surface area contributed by atoms with Crippen molar-refractivity contribution in [3.63, 3.8) is 0 Å². The van der Waals surface area contributed by atoms with Crippen molar-refractivity contribution in [1.82, 2.24) is 0 Å². The standard InChI is InChI=1S/C8H18S4/c1-2-4-11-6-8(10)7-12-5-3-9/h8-10H,2-7H2,1H3. The summed E-state index contributed by atoms with van der Waals surface area (Å²) in [5.74, 6) is 5.76. The SMILES string of the molecule is CCCSCC(S)CSCCS. The Morgan fingerprint density at radius 1 is 1.17 bits per heavy atom. The Kier molecular flexibility index (Phi) is 11.7. The molecule has 12 heavy (non-hydrogen) atoms. The van der Waals surface area contributed by atoms with Gasteiger partial charge in [0.2, 0.25) is 0 Å². The van der Waals surface area contributed by atoms with Gasteiger partial charge in [0.05, 0.1) is 0 Å². The molecule has 0 spiro atoms. The van der Waals surface area contributed by atoms with Gasteiger partial charge in [-0.25, -0.2) is 0 Å². The quantitative estimate of drug-likeness (QED) is 0.496. The molecule has 0 rings (SSSR count). The number of thioether (sulfide) groups is 2. The van der Waals surface area contributed by atoms with Gasteiger partial charge in [0.1, 0.15) is 0 Å². The van der Waals surface area contributed by atoms with E-state index in [1.54, 1.807) is 0 Å². The van der Waals surface area contributed by atoms with Crippen molar-refractivity contribution in [3.8, 4) is 0 Å². The van der Waals surface area contributed by atoms with Gasteiger partial charge in [0.15, 0.2) is 0 Å². The molecule has 0 aromatic heterocycles. The molecule has 0 aromatic rings. The van der Waals surface area contributed by atoms with E-state index in [0.717, 1.165) is 11.5 Å². The summed E-state index contributed by atoms with van der Waals surface area (Å²) in [5.41, 5.74) is 0. The summed E-state index contributed by atoms with van der Waals surface area (Å²) in [5, 5.41) is 0.562. The lowest BCUT2D eigenvalue weighted by Crippen LogP contribution is -2.07. The lowest BCUT2D eigenvalue weighted by molar-refractivity contribution is 1.09. The molecule has 1 atom stereocenters. The summed E-state index contributed by atoms with van der Waals surface area (Å²) in [6.07, 6.45) is 1.27. The van der Waals surface area contributed by atoms with Crippen molar-refractivity contribution < 1.29 is 0 Å². The molecule has 0 aliphatic heterocycles. The Morgan fingerprint density at radius 3 is 2.25 bits per heavy atom. The minimum absolute atomic E-state index is 0.562. The van der Waals surface area contributed by atoms with Crippen LogP contribution in [0.25, 0.3) is 0 Å². The molecule has 4 heteroatoms. The minimum atomic E-state index is 0.562. The number of thiol groups is 2. The van der Waals surface area contributed by atoms with E-state index in [1.807, 2.05) is 23.5 Å². The van der Waals surface area contributed by atoms with Gasteiger partial charge in [-0.1, -0.05) is 6.92 Å². The van der Waals surface area contributed by atoms with Gasteiger partial charge >= 0.3 is 0 Å². The molecule has 74 valence electrons. The van der Waals surface area contributed by atoms with Crippen molar-refractivity contribution in [2.45, 2.75) is 18.6 Å². The molecule has 0 amide bonds. The van der Waals surface area contributed by atoms with E-state index in [-0.39, 0.29) is 0 Å². The average Bonchev–Trinajstić information content (AvgIpc) is 2.06. The van der Waals surface area contributed by atoms with E-state index in [4.69, 9.17) is 0 Å². The van der Waals surface area contributed by atoms with Gasteiger partial charge in [0, 0.05) is 22.5 Å². The summed E-state index contributed by atoms with van der Waals surface area (Å²) in [6, 6.07) is 0. The first kappa shape index (κ1) is 13.4. The summed E-state index contributed by atoms with van der Waals surface area (Å²) in [4.78, 5) is 0. The first-order chi connectivity index (χ1) is 5.81. The van der Waals surface area contributed by atoms with Crippen molar-refractivity contribution >= 4 is 48.8 Å². The zero-order valence-electron chi connectivity index (χ0n) is 7.53. The summed E-state index contributed by atoms with van der Waals surface area (Å²) in [7, 11) is 0. The van der Waals surface area contributed by atoms with Gasteiger partial charge in [-0.2, -0.15) is 48.8 Å². The topological polar surface area (TPSA) is 0 Å². The predicted octanol–water partition coefficient (Wildman–Crippen LogP) is 3.09. The summed E-state index contributed by atoms with van der Waals surface area (Å²) < 4.78 is 0. The third kappa shape index (κ3) is 9.49. The molecular weight excluding hydrogens is 224 g/mol. The van der Waals surface area contributed by atoms with Crippen molar-refractivity contribution in [3.05, 3.63) is 0 Å². The highest BCUT2D eigenvalue weighted by atomic mass is 32.2. The molecule has 0 radical (unpaired) electrons. The van der Waals surface area contributed by atoms with E-state index in [1.165, 1.54) is 23.7 Å². The third-order valence-corrected chi connectivity index (χ3v) is 5.06. The van der Waals surface area contributed by atoms with Crippen molar-refractivity contribution in [2.75, 3.05) is 28.8 Å². The van der Waals surface area contributed by atoms with Gasteiger partial charge < -0.3 is 0 Å². The van der Waals surface area contributed by atoms with Crippen LogP contribution in [0.2, 0.25) is 0 Å². The number of rotatable bonds is 8. The zero-order valence-corrected chi connectivity index (χ0v) is 11.0. The Bertz CT molecular complexity index is 77.1. The Hall–Kier alpha value is 1.40. The molecule has 0 bridgehead atoms. The van der Waals surface area contributed by atoms with Crippen LogP contribution in [-0.2, 0) is 0 Å². The van der Waals surface area contributed by atoms with Crippen molar-refractivity contribution in [2.24, 2.45) is 0 Å². The Labute approximate surface area is 95.9 Å². The van der Waals surface area contributed by atoms with E-state index in [9.17, 15) is 0 Å². The molecule has 0 aromatic carbocycles. The van der Waals surface area contributed by atoms with Crippen LogP contribution in [0.4, 0.5) is 0 Å². The smallest absolute Gasteiger partial charge is 0.0198 e. The van der Waals surface area contributed by atoms with Gasteiger partial charge in [-0.15, -0.1) is 0 Å². The molecule has 0 aliphatic carbocycles. The highest BCUT2D eigenvalue weighted by molar-refractivity contribution is 8.01. The van der Waals surface area contributed by atoms with Crippen molar-refractivity contribution in [1.29, 1.82) is 0 Å². The molecule has 0 aliphatic rings. The molecule has 0 heterocycles. The second-order valence-electron chi connectivity index (χ2n) is 2.53. The highest BCUT2D eigenvalue weighted by Gasteiger charge is 2.01. The first-order valence-electron chi connectivity index (χ1n) is 4.25. The van der Waals surface area contributed by atoms with Crippen LogP contribution in [0.15, 0.2) is 0 Å². The number of hydrogen-bond acceptors (Lipinski definition) is 4. The lowest BCUT2D eigenvalue weighted by atomic mass is 10.5. The van der Waals surface area contributed by atoms with Crippen LogP contribution in [0.3, 0.4) is 0 Å². The molecular formula is C8H18S4. The highest BCUT2D eigenvalue weighted by Crippen LogP contribution is 2.14. The Balaban J connectivity index is 3.04. The fourth-order valence-electron chi connectivity index (χ4n) is 0.696. The van der Waals surface area contributed by atoms with Gasteiger partial charge in [-0.3, -0.25) is 0 Å². The Morgan fingerprint density at radius 2 is 1.75 bits per heavy atom.